The first kappa shape index (κ1) is 29.5. The van der Waals surface area contributed by atoms with Crippen LogP contribution in [0.15, 0.2) is 182 Å². The predicted molar refractivity (Wildman–Crippen MR) is 216 cm³/mol. The molecule has 0 bridgehead atoms. The molecule has 0 aliphatic heterocycles. The number of rotatable bonds is 5. The van der Waals surface area contributed by atoms with Gasteiger partial charge in [0.2, 0.25) is 0 Å². The summed E-state index contributed by atoms with van der Waals surface area (Å²) in [5, 5.41) is 4.95. The molecule has 0 spiro atoms. The molecular weight excluding hydrogens is 617 g/mol. The van der Waals surface area contributed by atoms with Crippen LogP contribution in [-0.2, 0) is 5.41 Å². The van der Waals surface area contributed by atoms with Crippen LogP contribution in [0.4, 0.5) is 17.1 Å². The van der Waals surface area contributed by atoms with Crippen LogP contribution in [0.5, 0.6) is 0 Å². The molecule has 242 valence electrons. The maximum atomic E-state index is 2.40. The van der Waals surface area contributed by atoms with Crippen molar-refractivity contribution in [2.75, 3.05) is 4.90 Å². The van der Waals surface area contributed by atoms with Gasteiger partial charge in [-0.1, -0.05) is 141 Å². The van der Waals surface area contributed by atoms with Gasteiger partial charge in [-0.25, -0.2) is 0 Å². The Balaban J connectivity index is 1.15. The lowest BCUT2D eigenvalue weighted by Crippen LogP contribution is -2.16. The fourth-order valence-electron chi connectivity index (χ4n) is 8.59. The van der Waals surface area contributed by atoms with Crippen LogP contribution in [0.25, 0.3) is 60.5 Å². The first-order chi connectivity index (χ1) is 25.1. The Kier molecular flexibility index (Phi) is 6.56. The highest BCUT2D eigenvalue weighted by Gasteiger charge is 2.37. The number of hydrogen-bond donors (Lipinski definition) is 0. The van der Waals surface area contributed by atoms with E-state index in [1.165, 1.54) is 66.0 Å². The monoisotopic (exact) mass is 652 g/mol. The molecule has 0 radical (unpaired) electrons. The van der Waals surface area contributed by atoms with Crippen LogP contribution < -0.4 is 4.90 Å². The number of benzene rings is 8. The topological polar surface area (TPSA) is 8.17 Å². The van der Waals surface area contributed by atoms with Gasteiger partial charge < -0.3 is 9.47 Å². The van der Waals surface area contributed by atoms with Crippen molar-refractivity contribution in [1.29, 1.82) is 0 Å². The third-order valence-electron chi connectivity index (χ3n) is 10.9. The van der Waals surface area contributed by atoms with E-state index in [1.54, 1.807) is 0 Å². The van der Waals surface area contributed by atoms with E-state index in [9.17, 15) is 0 Å². The second kappa shape index (κ2) is 11.3. The van der Waals surface area contributed by atoms with Gasteiger partial charge in [0.05, 0.1) is 11.0 Å². The van der Waals surface area contributed by atoms with Crippen molar-refractivity contribution in [2.24, 2.45) is 0 Å². The van der Waals surface area contributed by atoms with Gasteiger partial charge in [-0.05, 0) is 98.8 Å². The zero-order valence-electron chi connectivity index (χ0n) is 28.7. The van der Waals surface area contributed by atoms with E-state index in [-0.39, 0.29) is 5.41 Å². The summed E-state index contributed by atoms with van der Waals surface area (Å²) in [5.41, 5.74) is 14.9. The van der Waals surface area contributed by atoms with Gasteiger partial charge in [-0.15, -0.1) is 0 Å². The summed E-state index contributed by atoms with van der Waals surface area (Å²) in [5.74, 6) is 0. The van der Waals surface area contributed by atoms with E-state index >= 15 is 0 Å². The lowest BCUT2D eigenvalue weighted by atomic mass is 9.79. The second-order valence-corrected chi connectivity index (χ2v) is 14.2. The van der Waals surface area contributed by atoms with E-state index in [2.05, 4.69) is 205 Å². The third kappa shape index (κ3) is 4.57. The molecule has 1 aliphatic carbocycles. The standard InChI is InChI=1S/C49H36N2/c1-49(2)45-21-10-8-17-41(45)44-20-12-19-40(48(44)49)34-24-26-37(27-25-34)50(38-28-23-33-13-6-7-14-35(33)31-38)39-29-30-43-42-18-9-11-22-46(42)51(47(43)32-39)36-15-4-3-5-16-36/h3-32H,1-2H3. The number of fused-ring (bicyclic) bond motifs is 7. The first-order valence-electron chi connectivity index (χ1n) is 17.8. The average Bonchev–Trinajstić information content (AvgIpc) is 3.64. The minimum absolute atomic E-state index is 0.0784. The van der Waals surface area contributed by atoms with Crippen molar-refractivity contribution >= 4 is 49.6 Å². The highest BCUT2D eigenvalue weighted by molar-refractivity contribution is 6.10. The van der Waals surface area contributed by atoms with Gasteiger partial charge in [0.15, 0.2) is 0 Å². The summed E-state index contributed by atoms with van der Waals surface area (Å²) in [4.78, 5) is 2.40. The molecule has 9 aromatic rings. The largest absolute Gasteiger partial charge is 0.310 e. The van der Waals surface area contributed by atoms with E-state index in [1.807, 2.05) is 0 Å². The summed E-state index contributed by atoms with van der Waals surface area (Å²) in [6.45, 7) is 4.73. The molecule has 2 nitrogen and oxygen atoms in total. The van der Waals surface area contributed by atoms with Gasteiger partial charge in [0.25, 0.3) is 0 Å². The van der Waals surface area contributed by atoms with Gasteiger partial charge >= 0.3 is 0 Å². The SMILES string of the molecule is CC1(C)c2ccccc2-c2cccc(-c3ccc(N(c4ccc5ccccc5c4)c4ccc5c6ccccc6n(-c6ccccc6)c5c4)cc3)c21. The van der Waals surface area contributed by atoms with Crippen LogP contribution in [0.2, 0.25) is 0 Å². The highest BCUT2D eigenvalue weighted by atomic mass is 15.1. The summed E-state index contributed by atoms with van der Waals surface area (Å²) in [6, 6.07) is 66.6. The molecular formula is C49H36N2. The number of hydrogen-bond acceptors (Lipinski definition) is 1. The van der Waals surface area contributed by atoms with Crippen molar-refractivity contribution in [3.05, 3.63) is 193 Å². The highest BCUT2D eigenvalue weighted by Crippen LogP contribution is 2.52. The molecule has 0 amide bonds. The van der Waals surface area contributed by atoms with E-state index in [0.717, 1.165) is 22.7 Å². The third-order valence-corrected chi connectivity index (χ3v) is 10.9. The van der Waals surface area contributed by atoms with Crippen LogP contribution in [-0.4, -0.2) is 4.57 Å². The Labute approximate surface area is 298 Å². The minimum Gasteiger partial charge on any atom is -0.310 e. The molecule has 0 N–H and O–H groups in total. The molecule has 0 fully saturated rings. The lowest BCUT2D eigenvalue weighted by Gasteiger charge is -2.27. The predicted octanol–water partition coefficient (Wildman–Crippen LogP) is 13.4. The number of anilines is 3. The number of aromatic nitrogens is 1. The molecule has 1 heterocycles. The Hall–Kier alpha value is -6.38. The zero-order chi connectivity index (χ0) is 34.1. The quantitative estimate of drug-likeness (QED) is 0.180. The van der Waals surface area contributed by atoms with Crippen molar-refractivity contribution in [1.82, 2.24) is 4.57 Å². The molecule has 1 aromatic heterocycles. The maximum Gasteiger partial charge on any atom is 0.0561 e. The van der Waals surface area contributed by atoms with Crippen molar-refractivity contribution in [2.45, 2.75) is 19.3 Å². The summed E-state index contributed by atoms with van der Waals surface area (Å²) in [6.07, 6.45) is 0. The Bertz CT molecular complexity index is 2770. The molecule has 8 aromatic carbocycles. The van der Waals surface area contributed by atoms with Crippen LogP contribution in [0.3, 0.4) is 0 Å². The number of nitrogens with zero attached hydrogens (tertiary/aromatic N) is 2. The summed E-state index contributed by atoms with van der Waals surface area (Å²) >= 11 is 0. The molecule has 0 saturated carbocycles. The van der Waals surface area contributed by atoms with Crippen molar-refractivity contribution < 1.29 is 0 Å². The molecule has 2 heteroatoms. The number of para-hydroxylation sites is 2. The molecule has 0 atom stereocenters. The van der Waals surface area contributed by atoms with E-state index in [0.29, 0.717) is 0 Å². The Morgan fingerprint density at radius 2 is 1.06 bits per heavy atom. The van der Waals surface area contributed by atoms with Crippen LogP contribution in [0.1, 0.15) is 25.0 Å². The van der Waals surface area contributed by atoms with E-state index in [4.69, 9.17) is 0 Å². The lowest BCUT2D eigenvalue weighted by molar-refractivity contribution is 0.662. The first-order valence-corrected chi connectivity index (χ1v) is 17.8. The van der Waals surface area contributed by atoms with E-state index < -0.39 is 0 Å². The fraction of sp³-hybridized carbons (Fsp3) is 0.0612. The maximum absolute atomic E-state index is 2.40. The van der Waals surface area contributed by atoms with Gasteiger partial charge in [0.1, 0.15) is 0 Å². The Morgan fingerprint density at radius 3 is 1.92 bits per heavy atom. The summed E-state index contributed by atoms with van der Waals surface area (Å²) < 4.78 is 2.39. The van der Waals surface area contributed by atoms with Crippen LogP contribution >= 0.6 is 0 Å². The molecule has 0 saturated heterocycles. The van der Waals surface area contributed by atoms with Crippen molar-refractivity contribution in [3.8, 4) is 27.9 Å². The second-order valence-electron chi connectivity index (χ2n) is 14.2. The van der Waals surface area contributed by atoms with Crippen molar-refractivity contribution in [3.63, 3.8) is 0 Å². The smallest absolute Gasteiger partial charge is 0.0561 e. The van der Waals surface area contributed by atoms with Gasteiger partial charge in [-0.2, -0.15) is 0 Å². The molecule has 10 rings (SSSR count). The molecule has 1 aliphatic rings. The molecule has 51 heavy (non-hydrogen) atoms. The van der Waals surface area contributed by atoms with Crippen LogP contribution in [0, 0.1) is 0 Å². The Morgan fingerprint density at radius 1 is 0.431 bits per heavy atom. The van der Waals surface area contributed by atoms with Gasteiger partial charge in [-0.3, -0.25) is 0 Å². The molecule has 0 unspecified atom stereocenters. The normalized spacial score (nSPS) is 13.1. The minimum atomic E-state index is -0.0784. The average molecular weight is 653 g/mol. The summed E-state index contributed by atoms with van der Waals surface area (Å²) in [7, 11) is 0. The fourth-order valence-corrected chi connectivity index (χ4v) is 8.59. The van der Waals surface area contributed by atoms with Gasteiger partial charge in [0, 0.05) is 38.9 Å². The zero-order valence-corrected chi connectivity index (χ0v) is 28.7.